The highest BCUT2D eigenvalue weighted by Gasteiger charge is 2.24. The van der Waals surface area contributed by atoms with Gasteiger partial charge in [0.1, 0.15) is 0 Å². The van der Waals surface area contributed by atoms with Crippen LogP contribution in [0.4, 0.5) is 8.78 Å². The fraction of sp³-hybridized carbons (Fsp3) is 0.100. The topological polar surface area (TPSA) is 37.3 Å². The van der Waals surface area contributed by atoms with E-state index >= 15 is 0 Å². The third-order valence-corrected chi connectivity index (χ3v) is 2.85. The highest BCUT2D eigenvalue weighted by atomic mass is 79.9. The molecular weight excluding hydrogens is 270 g/mol. The summed E-state index contributed by atoms with van der Waals surface area (Å²) in [6, 6.07) is 1.38. The van der Waals surface area contributed by atoms with Crippen LogP contribution in [-0.2, 0) is 11.2 Å². The molecule has 78 valence electrons. The Morgan fingerprint density at radius 1 is 1.40 bits per heavy atom. The molecule has 15 heavy (non-hydrogen) atoms. The zero-order valence-electron chi connectivity index (χ0n) is 7.35. The predicted octanol–water partition coefficient (Wildman–Crippen LogP) is 2.75. The molecule has 0 radical (unpaired) electrons. The number of carbonyl (C=O) groups is 1. The summed E-state index contributed by atoms with van der Waals surface area (Å²) >= 11 is 2.86. The fourth-order valence-corrected chi connectivity index (χ4v) is 1.95. The van der Waals surface area contributed by atoms with Crippen molar-refractivity contribution in [3.05, 3.63) is 38.9 Å². The maximum absolute atomic E-state index is 13.4. The molecule has 2 rings (SSSR count). The van der Waals surface area contributed by atoms with E-state index in [0.29, 0.717) is 5.56 Å². The van der Waals surface area contributed by atoms with Gasteiger partial charge >= 0.3 is 5.97 Å². The van der Waals surface area contributed by atoms with E-state index in [-0.39, 0.29) is 22.0 Å². The number of fused-ring (bicyclic) bond motifs is 1. The first-order valence-electron chi connectivity index (χ1n) is 4.11. The largest absolute Gasteiger partial charge is 0.478 e. The summed E-state index contributed by atoms with van der Waals surface area (Å²) in [4.78, 5) is 10.7. The van der Waals surface area contributed by atoms with Gasteiger partial charge in [0.25, 0.3) is 0 Å². The highest BCUT2D eigenvalue weighted by Crippen LogP contribution is 2.32. The van der Waals surface area contributed by atoms with Gasteiger partial charge in [-0.2, -0.15) is 0 Å². The maximum Gasteiger partial charge on any atom is 0.331 e. The van der Waals surface area contributed by atoms with Crippen LogP contribution in [0.15, 0.2) is 16.1 Å². The first kappa shape index (κ1) is 10.3. The summed E-state index contributed by atoms with van der Waals surface area (Å²) in [6.45, 7) is 0. The van der Waals surface area contributed by atoms with Gasteiger partial charge < -0.3 is 5.11 Å². The van der Waals surface area contributed by atoms with E-state index in [1.165, 1.54) is 12.1 Å². The lowest BCUT2D eigenvalue weighted by molar-refractivity contribution is -0.132. The van der Waals surface area contributed by atoms with Crippen LogP contribution in [0.25, 0.3) is 6.08 Å². The van der Waals surface area contributed by atoms with Gasteiger partial charge in [-0.3, -0.25) is 0 Å². The molecule has 1 N–H and O–H groups in total. The number of carboxylic acids is 1. The smallest absolute Gasteiger partial charge is 0.331 e. The van der Waals surface area contributed by atoms with E-state index in [2.05, 4.69) is 15.9 Å². The summed E-state index contributed by atoms with van der Waals surface area (Å²) < 4.78 is 26.5. The van der Waals surface area contributed by atoms with Crippen molar-refractivity contribution in [3.63, 3.8) is 0 Å². The minimum Gasteiger partial charge on any atom is -0.478 e. The Bertz CT molecular complexity index is 495. The van der Waals surface area contributed by atoms with Crippen molar-refractivity contribution in [1.29, 1.82) is 0 Å². The number of benzene rings is 1. The van der Waals surface area contributed by atoms with Crippen molar-refractivity contribution in [2.75, 3.05) is 0 Å². The van der Waals surface area contributed by atoms with Crippen LogP contribution in [0.5, 0.6) is 0 Å². The molecule has 0 bridgehead atoms. The van der Waals surface area contributed by atoms with Crippen LogP contribution in [0.1, 0.15) is 11.1 Å². The third kappa shape index (κ3) is 1.56. The molecule has 0 aromatic heterocycles. The number of hydrogen-bond acceptors (Lipinski definition) is 1. The molecule has 0 atom stereocenters. The monoisotopic (exact) mass is 274 g/mol. The highest BCUT2D eigenvalue weighted by molar-refractivity contribution is 9.10. The normalized spacial score (nSPS) is 13.7. The van der Waals surface area contributed by atoms with Crippen LogP contribution in [-0.4, -0.2) is 11.1 Å². The molecule has 0 unspecified atom stereocenters. The molecule has 1 aliphatic rings. The van der Waals surface area contributed by atoms with Gasteiger partial charge in [-0.25, -0.2) is 13.6 Å². The molecule has 2 nitrogen and oxygen atoms in total. The zero-order chi connectivity index (χ0) is 11.2. The Morgan fingerprint density at radius 3 is 2.67 bits per heavy atom. The van der Waals surface area contributed by atoms with Crippen molar-refractivity contribution in [2.24, 2.45) is 0 Å². The first-order chi connectivity index (χ1) is 7.00. The third-order valence-electron chi connectivity index (χ3n) is 2.27. The molecule has 0 saturated carbocycles. The Labute approximate surface area is 92.4 Å². The van der Waals surface area contributed by atoms with Crippen molar-refractivity contribution in [1.82, 2.24) is 0 Å². The minimum atomic E-state index is -1.11. The summed E-state index contributed by atoms with van der Waals surface area (Å²) in [6.07, 6.45) is 1.28. The quantitative estimate of drug-likeness (QED) is 0.800. The van der Waals surface area contributed by atoms with Crippen LogP contribution in [0.2, 0.25) is 0 Å². The number of hydrogen-bond donors (Lipinski definition) is 1. The van der Waals surface area contributed by atoms with E-state index in [1.807, 2.05) is 0 Å². The first-order valence-corrected chi connectivity index (χ1v) is 4.90. The van der Waals surface area contributed by atoms with E-state index in [9.17, 15) is 13.6 Å². The van der Waals surface area contributed by atoms with Crippen LogP contribution >= 0.6 is 15.9 Å². The van der Waals surface area contributed by atoms with Gasteiger partial charge in [-0.05, 0) is 33.6 Å². The number of halogens is 3. The molecule has 0 spiro atoms. The van der Waals surface area contributed by atoms with Crippen molar-refractivity contribution in [2.45, 2.75) is 6.42 Å². The van der Waals surface area contributed by atoms with Crippen molar-refractivity contribution < 1.29 is 18.7 Å². The van der Waals surface area contributed by atoms with Gasteiger partial charge in [0.15, 0.2) is 11.6 Å². The molecule has 0 fully saturated rings. The second kappa shape index (κ2) is 3.41. The Kier molecular flexibility index (Phi) is 2.34. The lowest BCUT2D eigenvalue weighted by Crippen LogP contribution is -2.01. The Morgan fingerprint density at radius 2 is 2.07 bits per heavy atom. The number of aliphatic carboxylic acids is 1. The maximum atomic E-state index is 13.4. The molecule has 0 heterocycles. The molecule has 0 saturated heterocycles. The second-order valence-corrected chi connectivity index (χ2v) is 4.06. The SMILES string of the molecule is O=C(O)C1=Cc2cc(Br)c(F)c(F)c2C1. The molecule has 0 amide bonds. The molecule has 1 aromatic carbocycles. The zero-order valence-corrected chi connectivity index (χ0v) is 8.94. The average Bonchev–Trinajstić information content (AvgIpc) is 2.58. The van der Waals surface area contributed by atoms with Crippen molar-refractivity contribution >= 4 is 28.0 Å². The fourth-order valence-electron chi connectivity index (χ4n) is 1.53. The summed E-state index contributed by atoms with van der Waals surface area (Å²) in [5.41, 5.74) is 0.590. The molecular formula is C10H5BrF2O2. The number of carboxylic acid groups (broad SMARTS) is 1. The van der Waals surface area contributed by atoms with E-state index < -0.39 is 17.6 Å². The molecule has 1 aromatic rings. The average molecular weight is 275 g/mol. The molecule has 0 aliphatic heterocycles. The van der Waals surface area contributed by atoms with Crippen LogP contribution in [0, 0.1) is 11.6 Å². The molecule has 5 heteroatoms. The standard InChI is InChI=1S/C10H5BrF2O2/c11-7-3-4-1-5(10(14)15)2-6(4)8(12)9(7)13/h1,3H,2H2,(H,14,15). The van der Waals surface area contributed by atoms with Gasteiger partial charge in [0.05, 0.1) is 4.47 Å². The van der Waals surface area contributed by atoms with Crippen LogP contribution in [0.3, 0.4) is 0 Å². The summed E-state index contributed by atoms with van der Waals surface area (Å²) in [5.74, 6) is -3.07. The molecule has 1 aliphatic carbocycles. The van der Waals surface area contributed by atoms with Crippen LogP contribution < -0.4 is 0 Å². The lowest BCUT2D eigenvalue weighted by atomic mass is 10.1. The summed E-state index contributed by atoms with van der Waals surface area (Å²) in [7, 11) is 0. The van der Waals surface area contributed by atoms with Gasteiger partial charge in [-0.15, -0.1) is 0 Å². The van der Waals surface area contributed by atoms with Crippen molar-refractivity contribution in [3.8, 4) is 0 Å². The van der Waals surface area contributed by atoms with Gasteiger partial charge in [0, 0.05) is 17.6 Å². The minimum absolute atomic E-state index is 0.00152. The number of rotatable bonds is 1. The van der Waals surface area contributed by atoms with Gasteiger partial charge in [0.2, 0.25) is 0 Å². The lowest BCUT2D eigenvalue weighted by Gasteiger charge is -2.03. The predicted molar refractivity (Wildman–Crippen MR) is 53.4 cm³/mol. The van der Waals surface area contributed by atoms with E-state index in [1.54, 1.807) is 0 Å². The van der Waals surface area contributed by atoms with E-state index in [0.717, 1.165) is 0 Å². The summed E-state index contributed by atoms with van der Waals surface area (Å²) in [5, 5.41) is 8.72. The van der Waals surface area contributed by atoms with Gasteiger partial charge in [-0.1, -0.05) is 0 Å². The second-order valence-electron chi connectivity index (χ2n) is 3.21. The Balaban J connectivity index is 2.57. The van der Waals surface area contributed by atoms with E-state index in [4.69, 9.17) is 5.11 Å². The Hall–Kier alpha value is -1.23.